The number of hydrogen-bond donors (Lipinski definition) is 1. The first-order chi connectivity index (χ1) is 14.7. The zero-order chi connectivity index (χ0) is 22.5. The maximum Gasteiger partial charge on any atom is 0.282 e. The highest BCUT2D eigenvalue weighted by Crippen LogP contribution is 2.30. The number of nitro groups is 1. The molecule has 2 aromatic carbocycles. The molecule has 3 rings (SSSR count). The Balaban J connectivity index is 1.73. The minimum atomic E-state index is -0.436. The fourth-order valence-corrected chi connectivity index (χ4v) is 3.72. The molecule has 7 nitrogen and oxygen atoms in total. The Morgan fingerprint density at radius 2 is 1.90 bits per heavy atom. The number of nitrogens with zero attached hydrogens (tertiary/aromatic N) is 3. The Bertz CT molecular complexity index is 1150. The van der Waals surface area contributed by atoms with E-state index in [9.17, 15) is 19.3 Å². The fraction of sp³-hybridized carbons (Fsp3) is 0.190. The molecule has 1 heterocycles. The van der Waals surface area contributed by atoms with Gasteiger partial charge in [-0.2, -0.15) is 0 Å². The van der Waals surface area contributed by atoms with E-state index in [0.717, 1.165) is 16.9 Å². The van der Waals surface area contributed by atoms with Crippen LogP contribution in [0.4, 0.5) is 10.1 Å². The van der Waals surface area contributed by atoms with Crippen LogP contribution in [0.1, 0.15) is 51.3 Å². The Kier molecular flexibility index (Phi) is 7.09. The van der Waals surface area contributed by atoms with Crippen LogP contribution in [0.2, 0.25) is 0 Å². The first-order valence-electron chi connectivity index (χ1n) is 9.26. The molecule has 0 saturated carbocycles. The highest BCUT2D eigenvalue weighted by Gasteiger charge is 2.18. The number of rotatable bonds is 7. The summed E-state index contributed by atoms with van der Waals surface area (Å²) in [6, 6.07) is 10.7. The molecule has 3 aromatic rings. The summed E-state index contributed by atoms with van der Waals surface area (Å²) in [5, 5.41) is 22.5. The number of aromatic nitrogens is 2. The molecule has 0 atom stereocenters. The predicted molar refractivity (Wildman–Crippen MR) is 118 cm³/mol. The number of nitro benzene ring substituents is 1. The van der Waals surface area contributed by atoms with E-state index in [1.807, 2.05) is 13.8 Å². The molecule has 0 saturated heterocycles. The number of nitrogens with one attached hydrogen (secondary N) is 1. The summed E-state index contributed by atoms with van der Waals surface area (Å²) >= 11 is 7.31. The molecule has 0 unspecified atom stereocenters. The Hall–Kier alpha value is -3.17. The summed E-state index contributed by atoms with van der Waals surface area (Å²) in [5.74, 6) is -0.781. The maximum atomic E-state index is 12.9. The van der Waals surface area contributed by atoms with E-state index >= 15 is 0 Å². The van der Waals surface area contributed by atoms with Gasteiger partial charge >= 0.3 is 0 Å². The fourth-order valence-electron chi connectivity index (χ4n) is 2.78. The molecule has 0 aliphatic carbocycles. The summed E-state index contributed by atoms with van der Waals surface area (Å²) in [6.45, 7) is 3.98. The molecule has 31 heavy (non-hydrogen) atoms. The summed E-state index contributed by atoms with van der Waals surface area (Å²) in [5.41, 5.74) is 1.93. The van der Waals surface area contributed by atoms with Crippen LogP contribution in [0.25, 0.3) is 11.1 Å². The second-order valence-corrected chi connectivity index (χ2v) is 8.33. The van der Waals surface area contributed by atoms with E-state index in [1.165, 1.54) is 18.2 Å². The topological polar surface area (TPSA) is 98.0 Å². The first-order valence-corrected chi connectivity index (χ1v) is 10.5. The van der Waals surface area contributed by atoms with Crippen molar-refractivity contribution in [3.8, 4) is 0 Å². The van der Waals surface area contributed by atoms with E-state index in [0.29, 0.717) is 16.1 Å². The lowest BCUT2D eigenvalue weighted by Crippen LogP contribution is -2.22. The number of benzene rings is 2. The van der Waals surface area contributed by atoms with Crippen molar-refractivity contribution in [1.82, 2.24) is 15.5 Å². The van der Waals surface area contributed by atoms with E-state index in [-0.39, 0.29) is 34.0 Å². The smallest absolute Gasteiger partial charge is 0.282 e. The SMILES string of the molecule is CC(C)c1ccc(/C=C(\Cl)c2nnc(C(=O)NCc3ccc(F)cc3)s2)cc1[N+](=O)[O-]. The number of amides is 1. The lowest BCUT2D eigenvalue weighted by molar-refractivity contribution is -0.385. The summed E-state index contributed by atoms with van der Waals surface area (Å²) in [7, 11) is 0. The molecular formula is C21H18ClFN4O3S. The largest absolute Gasteiger partial charge is 0.346 e. The van der Waals surface area contributed by atoms with Gasteiger partial charge in [0, 0.05) is 18.2 Å². The normalized spacial score (nSPS) is 11.6. The zero-order valence-electron chi connectivity index (χ0n) is 16.6. The number of carbonyl (C=O) groups excluding carboxylic acids is 1. The van der Waals surface area contributed by atoms with Crippen molar-refractivity contribution < 1.29 is 14.1 Å². The van der Waals surface area contributed by atoms with Crippen molar-refractivity contribution in [2.24, 2.45) is 0 Å². The van der Waals surface area contributed by atoms with Gasteiger partial charge in [-0.25, -0.2) is 4.39 Å². The molecule has 0 radical (unpaired) electrons. The van der Waals surface area contributed by atoms with Crippen LogP contribution in [-0.4, -0.2) is 21.0 Å². The van der Waals surface area contributed by atoms with Gasteiger partial charge < -0.3 is 5.32 Å². The molecule has 1 amide bonds. The minimum Gasteiger partial charge on any atom is -0.346 e. The van der Waals surface area contributed by atoms with Gasteiger partial charge in [0.05, 0.1) is 9.96 Å². The lowest BCUT2D eigenvalue weighted by Gasteiger charge is -2.07. The predicted octanol–water partition coefficient (Wildman–Crippen LogP) is 5.38. The third-order valence-electron chi connectivity index (χ3n) is 4.36. The van der Waals surface area contributed by atoms with Gasteiger partial charge in [0.25, 0.3) is 11.6 Å². The van der Waals surface area contributed by atoms with Crippen molar-refractivity contribution in [3.63, 3.8) is 0 Å². The van der Waals surface area contributed by atoms with Crippen molar-refractivity contribution in [1.29, 1.82) is 0 Å². The molecule has 0 aliphatic heterocycles. The molecule has 0 bridgehead atoms. The van der Waals surface area contributed by atoms with Gasteiger partial charge in [-0.3, -0.25) is 14.9 Å². The Morgan fingerprint density at radius 3 is 2.55 bits per heavy atom. The van der Waals surface area contributed by atoms with E-state index in [2.05, 4.69) is 15.5 Å². The van der Waals surface area contributed by atoms with E-state index < -0.39 is 10.8 Å². The van der Waals surface area contributed by atoms with Crippen molar-refractivity contribution in [2.45, 2.75) is 26.3 Å². The molecule has 0 spiro atoms. The van der Waals surface area contributed by atoms with Crippen molar-refractivity contribution in [3.05, 3.63) is 85.1 Å². The third-order valence-corrected chi connectivity index (χ3v) is 5.71. The maximum absolute atomic E-state index is 12.9. The van der Waals surface area contributed by atoms with Crippen LogP contribution in [0.3, 0.4) is 0 Å². The molecule has 160 valence electrons. The monoisotopic (exact) mass is 460 g/mol. The van der Waals surface area contributed by atoms with E-state index in [4.69, 9.17) is 11.6 Å². The van der Waals surface area contributed by atoms with Crippen LogP contribution in [0.5, 0.6) is 0 Å². The number of carbonyl (C=O) groups is 1. The average molecular weight is 461 g/mol. The Labute approximate surface area is 186 Å². The molecule has 1 N–H and O–H groups in total. The first kappa shape index (κ1) is 22.5. The third kappa shape index (κ3) is 5.71. The number of hydrogen-bond acceptors (Lipinski definition) is 6. The summed E-state index contributed by atoms with van der Waals surface area (Å²) in [4.78, 5) is 23.2. The second-order valence-electron chi connectivity index (χ2n) is 6.94. The van der Waals surface area contributed by atoms with Crippen molar-refractivity contribution >= 4 is 45.6 Å². The number of halogens is 2. The van der Waals surface area contributed by atoms with Crippen molar-refractivity contribution in [2.75, 3.05) is 0 Å². The standard InChI is InChI=1S/C21H18ClFN4O3S/c1-12(2)16-8-5-14(10-18(16)27(29)30)9-17(22)20-25-26-21(31-20)19(28)24-11-13-3-6-15(23)7-4-13/h3-10,12H,11H2,1-2H3,(H,24,28)/b17-9-. The quantitative estimate of drug-likeness (QED) is 0.377. The van der Waals surface area contributed by atoms with Crippen LogP contribution in [-0.2, 0) is 6.54 Å². The van der Waals surface area contributed by atoms with Crippen LogP contribution in [0, 0.1) is 15.9 Å². The van der Waals surface area contributed by atoms with Crippen LogP contribution < -0.4 is 5.32 Å². The van der Waals surface area contributed by atoms with Crippen LogP contribution in [0.15, 0.2) is 42.5 Å². The molecule has 1 aromatic heterocycles. The Morgan fingerprint density at radius 1 is 1.23 bits per heavy atom. The van der Waals surface area contributed by atoms with Gasteiger partial charge in [0.15, 0.2) is 5.01 Å². The zero-order valence-corrected chi connectivity index (χ0v) is 18.2. The molecular weight excluding hydrogens is 443 g/mol. The summed E-state index contributed by atoms with van der Waals surface area (Å²) < 4.78 is 12.9. The lowest BCUT2D eigenvalue weighted by atomic mass is 9.99. The molecule has 0 fully saturated rings. The molecule has 0 aliphatic rings. The second kappa shape index (κ2) is 9.76. The van der Waals surface area contributed by atoms with E-state index in [1.54, 1.807) is 30.3 Å². The van der Waals surface area contributed by atoms with Gasteiger partial charge in [-0.05, 0) is 35.3 Å². The summed E-state index contributed by atoms with van der Waals surface area (Å²) in [6.07, 6.45) is 1.54. The van der Waals surface area contributed by atoms with Gasteiger partial charge in [-0.1, -0.05) is 61.1 Å². The van der Waals surface area contributed by atoms with Gasteiger partial charge in [-0.15, -0.1) is 10.2 Å². The average Bonchev–Trinajstić information content (AvgIpc) is 3.23. The van der Waals surface area contributed by atoms with Gasteiger partial charge in [0.1, 0.15) is 5.82 Å². The minimum absolute atomic E-state index is 0.00745. The van der Waals surface area contributed by atoms with Gasteiger partial charge in [0.2, 0.25) is 5.01 Å². The highest BCUT2D eigenvalue weighted by molar-refractivity contribution is 7.15. The van der Waals surface area contributed by atoms with Crippen LogP contribution >= 0.6 is 22.9 Å². The molecule has 10 heteroatoms. The highest BCUT2D eigenvalue weighted by atomic mass is 35.5.